The maximum Gasteiger partial charge on any atom is 0.323 e. The van der Waals surface area contributed by atoms with E-state index in [9.17, 15) is 9.59 Å². The Hall–Kier alpha value is -1.88. The predicted octanol–water partition coefficient (Wildman–Crippen LogP) is 1.92. The van der Waals surface area contributed by atoms with Gasteiger partial charge in [-0.25, -0.2) is 0 Å². The van der Waals surface area contributed by atoms with Gasteiger partial charge in [0.2, 0.25) is 5.91 Å². The second-order valence-electron chi connectivity index (χ2n) is 6.31. The molecule has 22 heavy (non-hydrogen) atoms. The Bertz CT molecular complexity index is 551. The van der Waals surface area contributed by atoms with Gasteiger partial charge in [-0.3, -0.25) is 9.59 Å². The van der Waals surface area contributed by atoms with Crippen LogP contribution in [-0.2, 0) is 20.9 Å². The number of carbonyl (C=O) groups excluding carboxylic acids is 1. The van der Waals surface area contributed by atoms with Gasteiger partial charge >= 0.3 is 5.97 Å². The van der Waals surface area contributed by atoms with Crippen molar-refractivity contribution in [2.45, 2.75) is 25.8 Å². The van der Waals surface area contributed by atoms with Gasteiger partial charge in [-0.1, -0.05) is 30.3 Å². The molecule has 118 valence electrons. The van der Waals surface area contributed by atoms with Crippen molar-refractivity contribution < 1.29 is 19.4 Å². The topological polar surface area (TPSA) is 66.8 Å². The molecule has 0 aromatic heterocycles. The molecule has 2 aliphatic rings. The van der Waals surface area contributed by atoms with E-state index in [4.69, 9.17) is 9.84 Å². The third-order valence-electron chi connectivity index (χ3n) is 4.83. The van der Waals surface area contributed by atoms with Gasteiger partial charge in [-0.15, -0.1) is 0 Å². The number of hydrogen-bond donors (Lipinski definition) is 1. The minimum absolute atomic E-state index is 0.0202. The third kappa shape index (κ3) is 3.14. The number of benzene rings is 1. The minimum atomic E-state index is -0.967. The molecule has 1 saturated heterocycles. The van der Waals surface area contributed by atoms with Crippen LogP contribution in [0.25, 0.3) is 0 Å². The molecule has 2 fully saturated rings. The fourth-order valence-corrected chi connectivity index (χ4v) is 3.43. The van der Waals surface area contributed by atoms with E-state index in [1.165, 1.54) is 4.90 Å². The summed E-state index contributed by atoms with van der Waals surface area (Å²) in [5, 5.41) is 9.10. The van der Waals surface area contributed by atoms with Crippen LogP contribution >= 0.6 is 0 Å². The molecule has 1 atom stereocenters. The Balaban J connectivity index is 1.69. The highest BCUT2D eigenvalue weighted by molar-refractivity contribution is 5.86. The van der Waals surface area contributed by atoms with Crippen molar-refractivity contribution in [3.05, 3.63) is 35.9 Å². The first-order chi connectivity index (χ1) is 10.6. The molecule has 1 aliphatic heterocycles. The summed E-state index contributed by atoms with van der Waals surface area (Å²) in [4.78, 5) is 25.3. The molecule has 3 rings (SSSR count). The monoisotopic (exact) mass is 303 g/mol. The summed E-state index contributed by atoms with van der Waals surface area (Å²) in [6.07, 6.45) is 2.70. The first kappa shape index (κ1) is 15.0. The zero-order valence-corrected chi connectivity index (χ0v) is 12.5. The van der Waals surface area contributed by atoms with E-state index in [2.05, 4.69) is 0 Å². The quantitative estimate of drug-likeness (QED) is 0.902. The lowest BCUT2D eigenvalue weighted by Crippen LogP contribution is -2.38. The van der Waals surface area contributed by atoms with Gasteiger partial charge in [0.1, 0.15) is 6.54 Å². The number of carboxylic acids is 1. The fourth-order valence-electron chi connectivity index (χ4n) is 3.43. The Labute approximate surface area is 129 Å². The normalized spacial score (nSPS) is 22.3. The molecule has 1 spiro atoms. The van der Waals surface area contributed by atoms with Gasteiger partial charge in [0.05, 0.1) is 0 Å². The van der Waals surface area contributed by atoms with E-state index in [1.807, 2.05) is 30.3 Å². The smallest absolute Gasteiger partial charge is 0.323 e. The van der Waals surface area contributed by atoms with E-state index in [1.54, 1.807) is 0 Å². The Kier molecular flexibility index (Phi) is 4.16. The Morgan fingerprint density at radius 2 is 1.91 bits per heavy atom. The highest BCUT2D eigenvalue weighted by Crippen LogP contribution is 2.59. The molecule has 0 unspecified atom stereocenters. The first-order valence-corrected chi connectivity index (χ1v) is 7.73. The molecule has 5 nitrogen and oxygen atoms in total. The molecule has 1 N–H and O–H groups in total. The number of hydrogen-bond acceptors (Lipinski definition) is 3. The molecule has 1 aromatic carbocycles. The molecule has 1 heterocycles. The number of carbonyl (C=O) groups is 2. The zero-order chi connectivity index (χ0) is 15.6. The molecule has 1 saturated carbocycles. The van der Waals surface area contributed by atoms with Crippen molar-refractivity contribution in [3.8, 4) is 0 Å². The van der Waals surface area contributed by atoms with E-state index in [-0.39, 0.29) is 23.8 Å². The second kappa shape index (κ2) is 6.08. The van der Waals surface area contributed by atoms with Crippen LogP contribution in [0.2, 0.25) is 0 Å². The van der Waals surface area contributed by atoms with E-state index in [0.717, 1.165) is 24.8 Å². The molecular weight excluding hydrogens is 282 g/mol. The number of amides is 1. The highest BCUT2D eigenvalue weighted by atomic mass is 16.5. The number of nitrogens with zero attached hydrogens (tertiary/aromatic N) is 1. The number of ether oxygens (including phenoxy) is 1. The van der Waals surface area contributed by atoms with Gasteiger partial charge < -0.3 is 14.7 Å². The lowest BCUT2D eigenvalue weighted by atomic mass is 9.93. The first-order valence-electron chi connectivity index (χ1n) is 7.73. The summed E-state index contributed by atoms with van der Waals surface area (Å²) < 4.78 is 5.37. The summed E-state index contributed by atoms with van der Waals surface area (Å²) in [6, 6.07) is 9.54. The summed E-state index contributed by atoms with van der Waals surface area (Å²) in [5.74, 6) is -1.02. The van der Waals surface area contributed by atoms with Gasteiger partial charge in [-0.05, 0) is 30.2 Å². The summed E-state index contributed by atoms with van der Waals surface area (Å²) in [5.41, 5.74) is 1.03. The van der Waals surface area contributed by atoms with Crippen molar-refractivity contribution >= 4 is 11.9 Å². The van der Waals surface area contributed by atoms with Crippen LogP contribution in [0.15, 0.2) is 30.3 Å². The van der Waals surface area contributed by atoms with Crippen molar-refractivity contribution in [1.82, 2.24) is 4.90 Å². The van der Waals surface area contributed by atoms with Gasteiger partial charge in [0, 0.05) is 25.7 Å². The predicted molar refractivity (Wildman–Crippen MR) is 80.1 cm³/mol. The Morgan fingerprint density at radius 1 is 1.23 bits per heavy atom. The van der Waals surface area contributed by atoms with E-state index >= 15 is 0 Å². The van der Waals surface area contributed by atoms with Crippen molar-refractivity contribution in [2.24, 2.45) is 11.3 Å². The fraction of sp³-hybridized carbons (Fsp3) is 0.529. The lowest BCUT2D eigenvalue weighted by Gasteiger charge is -2.26. The average molecular weight is 303 g/mol. The van der Waals surface area contributed by atoms with E-state index < -0.39 is 5.97 Å². The van der Waals surface area contributed by atoms with Crippen molar-refractivity contribution in [1.29, 1.82) is 0 Å². The third-order valence-corrected chi connectivity index (χ3v) is 4.83. The average Bonchev–Trinajstić information content (AvgIpc) is 3.20. The number of carboxylic acid groups (broad SMARTS) is 1. The molecule has 0 radical (unpaired) electrons. The SMILES string of the molecule is O=C(O)CN(Cc1ccccc1)C(=O)[C@H]1CC12CCOCC2. The van der Waals surface area contributed by atoms with E-state index in [0.29, 0.717) is 19.8 Å². The van der Waals surface area contributed by atoms with Gasteiger partial charge in [0.25, 0.3) is 0 Å². The number of aliphatic carboxylic acids is 1. The zero-order valence-electron chi connectivity index (χ0n) is 12.5. The molecule has 5 heteroatoms. The maximum atomic E-state index is 12.7. The van der Waals surface area contributed by atoms with Crippen LogP contribution in [0.1, 0.15) is 24.8 Å². The summed E-state index contributed by atoms with van der Waals surface area (Å²) in [6.45, 7) is 1.54. The van der Waals surface area contributed by atoms with Crippen LogP contribution in [0.4, 0.5) is 0 Å². The molecule has 1 amide bonds. The van der Waals surface area contributed by atoms with Crippen molar-refractivity contribution in [2.75, 3.05) is 19.8 Å². The summed E-state index contributed by atoms with van der Waals surface area (Å²) in [7, 11) is 0. The van der Waals surface area contributed by atoms with Crippen LogP contribution in [0.5, 0.6) is 0 Å². The largest absolute Gasteiger partial charge is 0.480 e. The molecule has 1 aromatic rings. The van der Waals surface area contributed by atoms with Crippen LogP contribution in [0, 0.1) is 11.3 Å². The molecular formula is C17H21NO4. The second-order valence-corrected chi connectivity index (χ2v) is 6.31. The molecule has 1 aliphatic carbocycles. The highest BCUT2D eigenvalue weighted by Gasteiger charge is 2.58. The Morgan fingerprint density at radius 3 is 2.55 bits per heavy atom. The lowest BCUT2D eigenvalue weighted by molar-refractivity contribution is -0.146. The van der Waals surface area contributed by atoms with Gasteiger partial charge in [0.15, 0.2) is 0 Å². The number of rotatable bonds is 5. The van der Waals surface area contributed by atoms with Crippen LogP contribution in [0.3, 0.4) is 0 Å². The maximum absolute atomic E-state index is 12.7. The van der Waals surface area contributed by atoms with Crippen LogP contribution < -0.4 is 0 Å². The van der Waals surface area contributed by atoms with Gasteiger partial charge in [-0.2, -0.15) is 0 Å². The van der Waals surface area contributed by atoms with Crippen LogP contribution in [-0.4, -0.2) is 41.6 Å². The molecule has 0 bridgehead atoms. The van der Waals surface area contributed by atoms with Crippen molar-refractivity contribution in [3.63, 3.8) is 0 Å². The minimum Gasteiger partial charge on any atom is -0.480 e. The summed E-state index contributed by atoms with van der Waals surface area (Å²) >= 11 is 0. The standard InChI is InChI=1S/C17H21NO4/c19-15(20)12-18(11-13-4-2-1-3-5-13)16(21)14-10-17(14)6-8-22-9-7-17/h1-5,14H,6-12H2,(H,19,20)/t14-/m1/s1.